The standard InChI is InChI=1S/C31H28ClFN2O5S/c1-3-39-30(37)25-19(23-10-7-15-41-23)16-22-26(28(25)36)24(17-11-13-18(32)14-12-17)27(31(38)40-4-2)29(34)35(22)21-9-6-5-8-20(21)33/h5-15,19,24-25H,3-4,16,34H2,1-2H3/t19-,24+,25+/m0/s1. The number of carbonyl (C=O) groups excluding carboxylic acids is 3. The van der Waals surface area contributed by atoms with Crippen molar-refractivity contribution in [1.29, 1.82) is 0 Å². The molecule has 0 bridgehead atoms. The first-order valence-corrected chi connectivity index (χ1v) is 14.5. The van der Waals surface area contributed by atoms with Crippen LogP contribution in [0.25, 0.3) is 0 Å². The Morgan fingerprint density at radius 1 is 1.05 bits per heavy atom. The molecule has 1 aliphatic heterocycles. The maximum absolute atomic E-state index is 15.4. The molecule has 2 aromatic carbocycles. The number of carbonyl (C=O) groups is 3. The number of nitrogens with zero attached hydrogens (tertiary/aromatic N) is 1. The van der Waals surface area contributed by atoms with Gasteiger partial charge in [-0.2, -0.15) is 0 Å². The SMILES string of the molecule is CCOC(=O)C1=C(N)N(c2ccccc2F)C2=C(C(=O)[C@H](C(=O)OCC)[C@H](c3cccs3)C2)[C@H]1c1ccc(Cl)cc1. The van der Waals surface area contributed by atoms with Crippen LogP contribution in [0.5, 0.6) is 0 Å². The number of benzene rings is 2. The van der Waals surface area contributed by atoms with Crippen LogP contribution in [0.4, 0.5) is 10.1 Å². The Hall–Kier alpha value is -3.95. The van der Waals surface area contributed by atoms with Gasteiger partial charge in [-0.25, -0.2) is 9.18 Å². The van der Waals surface area contributed by atoms with Gasteiger partial charge >= 0.3 is 11.9 Å². The molecule has 0 amide bonds. The van der Waals surface area contributed by atoms with Crippen molar-refractivity contribution in [3.8, 4) is 0 Å². The zero-order valence-corrected chi connectivity index (χ0v) is 24.0. The van der Waals surface area contributed by atoms with Gasteiger partial charge in [-0.1, -0.05) is 41.9 Å². The first-order valence-electron chi connectivity index (χ1n) is 13.2. The van der Waals surface area contributed by atoms with Crippen LogP contribution in [0.1, 0.15) is 42.5 Å². The van der Waals surface area contributed by atoms with E-state index in [1.807, 2.05) is 17.5 Å². The lowest BCUT2D eigenvalue weighted by molar-refractivity contribution is -0.152. The Kier molecular flexibility index (Phi) is 8.28. The summed E-state index contributed by atoms with van der Waals surface area (Å²) in [5, 5.41) is 2.32. The van der Waals surface area contributed by atoms with Crippen molar-refractivity contribution in [3.05, 3.63) is 110 Å². The van der Waals surface area contributed by atoms with E-state index in [0.717, 1.165) is 4.88 Å². The molecule has 0 radical (unpaired) electrons. The fourth-order valence-corrected chi connectivity index (χ4v) is 6.60. The Balaban J connectivity index is 1.82. The zero-order valence-electron chi connectivity index (χ0n) is 22.4. The topological polar surface area (TPSA) is 98.9 Å². The van der Waals surface area contributed by atoms with Crippen molar-refractivity contribution in [2.75, 3.05) is 18.1 Å². The van der Waals surface area contributed by atoms with Crippen LogP contribution in [0.3, 0.4) is 0 Å². The van der Waals surface area contributed by atoms with Crippen molar-refractivity contribution in [2.45, 2.75) is 32.1 Å². The van der Waals surface area contributed by atoms with Gasteiger partial charge in [-0.15, -0.1) is 11.3 Å². The van der Waals surface area contributed by atoms with Gasteiger partial charge in [0.1, 0.15) is 17.6 Å². The van der Waals surface area contributed by atoms with E-state index in [-0.39, 0.29) is 42.3 Å². The molecule has 3 atom stereocenters. The first kappa shape index (κ1) is 28.6. The maximum Gasteiger partial charge on any atom is 0.338 e. The van der Waals surface area contributed by atoms with Gasteiger partial charge in [0, 0.05) is 27.1 Å². The summed E-state index contributed by atoms with van der Waals surface area (Å²) in [4.78, 5) is 43.8. The van der Waals surface area contributed by atoms with Gasteiger partial charge in [0.2, 0.25) is 0 Å². The highest BCUT2D eigenvalue weighted by Crippen LogP contribution is 2.52. The van der Waals surface area contributed by atoms with E-state index in [1.165, 1.54) is 34.4 Å². The molecule has 2 heterocycles. The van der Waals surface area contributed by atoms with Crippen LogP contribution < -0.4 is 10.6 Å². The highest BCUT2D eigenvalue weighted by molar-refractivity contribution is 7.10. The zero-order chi connectivity index (χ0) is 29.3. The number of rotatable bonds is 7. The summed E-state index contributed by atoms with van der Waals surface area (Å²) in [6.07, 6.45) is 0.167. The summed E-state index contributed by atoms with van der Waals surface area (Å²) in [6, 6.07) is 16.4. The number of esters is 2. The summed E-state index contributed by atoms with van der Waals surface area (Å²) in [5.41, 5.74) is 7.91. The fraction of sp³-hybridized carbons (Fsp3) is 0.258. The molecule has 0 saturated heterocycles. The van der Waals surface area contributed by atoms with Gasteiger partial charge in [0.15, 0.2) is 5.78 Å². The van der Waals surface area contributed by atoms with Crippen LogP contribution in [-0.4, -0.2) is 30.9 Å². The number of ether oxygens (including phenoxy) is 2. The summed E-state index contributed by atoms with van der Waals surface area (Å²) in [6.45, 7) is 3.47. The van der Waals surface area contributed by atoms with Crippen molar-refractivity contribution in [2.24, 2.45) is 11.7 Å². The lowest BCUT2D eigenvalue weighted by Crippen LogP contribution is -2.46. The molecule has 2 N–H and O–H groups in total. The normalized spacial score (nSPS) is 20.6. The summed E-state index contributed by atoms with van der Waals surface area (Å²) < 4.78 is 26.2. The molecule has 2 aliphatic rings. The highest BCUT2D eigenvalue weighted by Gasteiger charge is 2.51. The van der Waals surface area contributed by atoms with Crippen molar-refractivity contribution in [3.63, 3.8) is 0 Å². The Bertz CT molecular complexity index is 1550. The van der Waals surface area contributed by atoms with E-state index in [9.17, 15) is 14.4 Å². The lowest BCUT2D eigenvalue weighted by Gasteiger charge is -2.43. The molecule has 41 heavy (non-hydrogen) atoms. The molecule has 3 aromatic rings. The number of ketones is 1. The predicted molar refractivity (Wildman–Crippen MR) is 155 cm³/mol. The van der Waals surface area contributed by atoms with Crippen LogP contribution in [0, 0.1) is 11.7 Å². The smallest absolute Gasteiger partial charge is 0.338 e. The van der Waals surface area contributed by atoms with Gasteiger partial charge < -0.3 is 15.2 Å². The van der Waals surface area contributed by atoms with E-state index in [2.05, 4.69) is 0 Å². The minimum atomic E-state index is -1.17. The van der Waals surface area contributed by atoms with Crippen LogP contribution >= 0.6 is 22.9 Å². The second kappa shape index (κ2) is 11.9. The van der Waals surface area contributed by atoms with Gasteiger partial charge in [-0.3, -0.25) is 14.5 Å². The Morgan fingerprint density at radius 2 is 1.76 bits per heavy atom. The monoisotopic (exact) mass is 594 g/mol. The summed E-state index contributed by atoms with van der Waals surface area (Å²) >= 11 is 7.59. The fourth-order valence-electron chi connectivity index (χ4n) is 5.61. The number of allylic oxidation sites excluding steroid dienone is 2. The van der Waals surface area contributed by atoms with Crippen LogP contribution in [0.15, 0.2) is 88.7 Å². The number of hydrogen-bond donors (Lipinski definition) is 1. The summed E-state index contributed by atoms with van der Waals surface area (Å²) in [7, 11) is 0. The average Bonchev–Trinajstić information content (AvgIpc) is 3.49. The minimum Gasteiger partial charge on any atom is -0.465 e. The molecule has 0 spiro atoms. The Labute approximate surface area is 246 Å². The van der Waals surface area contributed by atoms with Gasteiger partial charge in [0.25, 0.3) is 0 Å². The number of halogens is 2. The van der Waals surface area contributed by atoms with Gasteiger partial charge in [0.05, 0.1) is 30.4 Å². The van der Waals surface area contributed by atoms with Crippen LogP contribution in [-0.2, 0) is 23.9 Å². The number of thiophene rings is 1. The molecule has 212 valence electrons. The lowest BCUT2D eigenvalue weighted by atomic mass is 9.68. The predicted octanol–water partition coefficient (Wildman–Crippen LogP) is 6.07. The third kappa shape index (κ3) is 5.15. The molecule has 1 aliphatic carbocycles. The second-order valence-electron chi connectivity index (χ2n) is 9.57. The molecule has 0 fully saturated rings. The largest absolute Gasteiger partial charge is 0.465 e. The van der Waals surface area contributed by atoms with E-state index >= 15 is 4.39 Å². The first-order chi connectivity index (χ1) is 19.8. The Morgan fingerprint density at radius 3 is 2.39 bits per heavy atom. The van der Waals surface area contributed by atoms with E-state index in [1.54, 1.807) is 44.2 Å². The number of anilines is 1. The van der Waals surface area contributed by atoms with Gasteiger partial charge in [-0.05, 0) is 61.5 Å². The third-order valence-electron chi connectivity index (χ3n) is 7.28. The number of nitrogens with two attached hydrogens (primary N) is 1. The molecule has 1 aromatic heterocycles. The quantitative estimate of drug-likeness (QED) is 0.262. The van der Waals surface area contributed by atoms with E-state index in [0.29, 0.717) is 16.3 Å². The van der Waals surface area contributed by atoms with Crippen LogP contribution in [0.2, 0.25) is 5.02 Å². The molecule has 0 unspecified atom stereocenters. The van der Waals surface area contributed by atoms with Crippen molar-refractivity contribution < 1.29 is 28.2 Å². The number of hydrogen-bond acceptors (Lipinski definition) is 8. The van der Waals surface area contributed by atoms with Crippen molar-refractivity contribution >= 4 is 46.3 Å². The van der Waals surface area contributed by atoms with E-state index < -0.39 is 41.3 Å². The second-order valence-corrected chi connectivity index (χ2v) is 11.0. The molecular weight excluding hydrogens is 567 g/mol. The minimum absolute atomic E-state index is 0.0262. The molecular formula is C31H28ClFN2O5S. The highest BCUT2D eigenvalue weighted by atomic mass is 35.5. The molecule has 5 rings (SSSR count). The molecule has 7 nitrogen and oxygen atoms in total. The maximum atomic E-state index is 15.4. The molecule has 10 heteroatoms. The molecule has 0 saturated carbocycles. The summed E-state index contributed by atoms with van der Waals surface area (Å²) in [5.74, 6) is -5.32. The van der Waals surface area contributed by atoms with Crippen molar-refractivity contribution in [1.82, 2.24) is 0 Å². The average molecular weight is 595 g/mol. The number of Topliss-reactive ketones (excluding diaryl/α,β-unsaturated/α-hetero) is 1. The van der Waals surface area contributed by atoms with E-state index in [4.69, 9.17) is 26.8 Å². The number of para-hydroxylation sites is 1. The third-order valence-corrected chi connectivity index (χ3v) is 8.54.